The predicted octanol–water partition coefficient (Wildman–Crippen LogP) is 6.37. The average Bonchev–Trinajstić information content (AvgIpc) is 3.16. The number of benzene rings is 3. The first-order valence-electron chi connectivity index (χ1n) is 10.4. The Kier molecular flexibility index (Phi) is 7.14. The predicted molar refractivity (Wildman–Crippen MR) is 134 cm³/mol. The normalized spacial score (nSPS) is 14.1. The summed E-state index contributed by atoms with van der Waals surface area (Å²) in [5, 5.41) is 0.427. The van der Waals surface area contributed by atoms with E-state index in [9.17, 15) is 9.59 Å². The van der Waals surface area contributed by atoms with Crippen LogP contribution in [-0.2, 0) is 9.53 Å². The molecule has 34 heavy (non-hydrogen) atoms. The van der Waals surface area contributed by atoms with Gasteiger partial charge in [-0.25, -0.2) is 14.6 Å². The van der Waals surface area contributed by atoms with E-state index in [2.05, 4.69) is 20.9 Å². The van der Waals surface area contributed by atoms with Gasteiger partial charge in [0, 0.05) is 0 Å². The summed E-state index contributed by atoms with van der Waals surface area (Å²) in [5.74, 6) is -0.399. The van der Waals surface area contributed by atoms with E-state index in [1.54, 1.807) is 54.6 Å². The van der Waals surface area contributed by atoms with Gasteiger partial charge in [-0.05, 0) is 77.8 Å². The molecule has 0 fully saturated rings. The molecule has 6 nitrogen and oxygen atoms in total. The van der Waals surface area contributed by atoms with E-state index in [-0.39, 0.29) is 17.3 Å². The first-order valence-corrected chi connectivity index (χ1v) is 11.6. The lowest BCUT2D eigenvalue weighted by Gasteiger charge is -2.13. The van der Waals surface area contributed by atoms with Gasteiger partial charge >= 0.3 is 11.9 Å². The Morgan fingerprint density at radius 3 is 2.59 bits per heavy atom. The van der Waals surface area contributed by atoms with E-state index in [1.165, 1.54) is 0 Å². The molecular formula is C26H19BrClNO5. The van der Waals surface area contributed by atoms with Gasteiger partial charge in [-0.1, -0.05) is 41.4 Å². The molecule has 1 heterocycles. The minimum atomic E-state index is -0.598. The number of carbonyl (C=O) groups is 2. The number of hydrogen-bond donors (Lipinski definition) is 0. The van der Waals surface area contributed by atoms with Crippen molar-refractivity contribution < 1.29 is 23.8 Å². The highest BCUT2D eigenvalue weighted by molar-refractivity contribution is 9.10. The van der Waals surface area contributed by atoms with Crippen molar-refractivity contribution in [2.75, 3.05) is 6.61 Å². The molecule has 0 N–H and O–H groups in total. The van der Waals surface area contributed by atoms with Gasteiger partial charge in [-0.15, -0.1) is 0 Å². The Morgan fingerprint density at radius 1 is 1.15 bits per heavy atom. The molecule has 3 aromatic rings. The van der Waals surface area contributed by atoms with Gasteiger partial charge in [0.1, 0.15) is 0 Å². The van der Waals surface area contributed by atoms with E-state index >= 15 is 0 Å². The fourth-order valence-electron chi connectivity index (χ4n) is 3.19. The first-order chi connectivity index (χ1) is 16.4. The summed E-state index contributed by atoms with van der Waals surface area (Å²) in [6.45, 7) is 4.10. The average molecular weight is 541 g/mol. The number of nitrogens with zero attached hydrogens (tertiary/aromatic N) is 1. The zero-order chi connectivity index (χ0) is 24.2. The van der Waals surface area contributed by atoms with Crippen LogP contribution in [0.2, 0.25) is 5.02 Å². The Morgan fingerprint density at radius 2 is 1.88 bits per heavy atom. The fraction of sp³-hybridized carbons (Fsp3) is 0.115. The topological polar surface area (TPSA) is 74.2 Å². The minimum Gasteiger partial charge on any atom is -0.490 e. The van der Waals surface area contributed by atoms with Gasteiger partial charge in [-0.3, -0.25) is 0 Å². The highest BCUT2D eigenvalue weighted by Gasteiger charge is 2.26. The molecule has 8 heteroatoms. The first kappa shape index (κ1) is 23.7. The number of hydrogen-bond acceptors (Lipinski definition) is 6. The summed E-state index contributed by atoms with van der Waals surface area (Å²) in [6.07, 6.45) is 1.56. The highest BCUT2D eigenvalue weighted by Crippen LogP contribution is 2.38. The fourth-order valence-corrected chi connectivity index (χ4v) is 3.95. The van der Waals surface area contributed by atoms with Crippen LogP contribution in [0.1, 0.15) is 34.0 Å². The van der Waals surface area contributed by atoms with Gasteiger partial charge < -0.3 is 14.2 Å². The summed E-state index contributed by atoms with van der Waals surface area (Å²) in [7, 11) is 0. The van der Waals surface area contributed by atoms with Crippen molar-refractivity contribution >= 4 is 51.4 Å². The smallest absolute Gasteiger partial charge is 0.363 e. The third-order valence-corrected chi connectivity index (χ3v) is 5.76. The Bertz CT molecular complexity index is 1330. The van der Waals surface area contributed by atoms with Crippen molar-refractivity contribution in [1.82, 2.24) is 0 Å². The molecule has 0 bridgehead atoms. The van der Waals surface area contributed by atoms with Crippen molar-refractivity contribution in [3.63, 3.8) is 0 Å². The number of aliphatic imine (C=N–C) groups is 1. The van der Waals surface area contributed by atoms with Crippen molar-refractivity contribution in [3.05, 3.63) is 98.1 Å². The van der Waals surface area contributed by atoms with Crippen LogP contribution in [0.4, 0.5) is 0 Å². The number of ether oxygens (including phenoxy) is 3. The number of aryl methyl sites for hydroxylation is 1. The second kappa shape index (κ2) is 10.2. The van der Waals surface area contributed by atoms with Crippen LogP contribution in [0.5, 0.6) is 11.5 Å². The van der Waals surface area contributed by atoms with E-state index in [0.717, 1.165) is 5.56 Å². The molecule has 3 aromatic carbocycles. The van der Waals surface area contributed by atoms with Crippen LogP contribution in [0.25, 0.3) is 6.08 Å². The van der Waals surface area contributed by atoms with Crippen molar-refractivity contribution in [2.45, 2.75) is 13.8 Å². The minimum absolute atomic E-state index is 0.105. The number of halogens is 2. The largest absolute Gasteiger partial charge is 0.490 e. The summed E-state index contributed by atoms with van der Waals surface area (Å²) in [5.41, 5.74) is 2.68. The van der Waals surface area contributed by atoms with E-state index < -0.39 is 11.9 Å². The maximum atomic E-state index is 12.6. The molecule has 0 aromatic heterocycles. The van der Waals surface area contributed by atoms with Gasteiger partial charge in [0.2, 0.25) is 5.90 Å². The van der Waals surface area contributed by atoms with E-state index in [4.69, 9.17) is 25.8 Å². The van der Waals surface area contributed by atoms with E-state index in [1.807, 2.05) is 26.0 Å². The van der Waals surface area contributed by atoms with E-state index in [0.29, 0.717) is 38.5 Å². The molecule has 0 radical (unpaired) electrons. The third-order valence-electron chi connectivity index (χ3n) is 4.84. The second-order valence-corrected chi connectivity index (χ2v) is 8.60. The van der Waals surface area contributed by atoms with Crippen LogP contribution in [0, 0.1) is 6.92 Å². The summed E-state index contributed by atoms with van der Waals surface area (Å²) >= 11 is 9.64. The quantitative estimate of drug-likeness (QED) is 0.206. The Labute approximate surface area is 209 Å². The summed E-state index contributed by atoms with van der Waals surface area (Å²) in [6, 6.07) is 17.4. The van der Waals surface area contributed by atoms with Gasteiger partial charge in [0.15, 0.2) is 17.2 Å². The zero-order valence-corrected chi connectivity index (χ0v) is 20.6. The monoisotopic (exact) mass is 539 g/mol. The third kappa shape index (κ3) is 5.21. The molecule has 0 atom stereocenters. The molecule has 0 spiro atoms. The van der Waals surface area contributed by atoms with Crippen LogP contribution in [0.15, 0.2) is 75.8 Å². The Balaban J connectivity index is 1.65. The van der Waals surface area contributed by atoms with Gasteiger partial charge in [0.05, 0.1) is 27.2 Å². The maximum absolute atomic E-state index is 12.6. The van der Waals surface area contributed by atoms with Gasteiger partial charge in [-0.2, -0.15) is 0 Å². The molecule has 1 aliphatic rings. The maximum Gasteiger partial charge on any atom is 0.363 e. The van der Waals surface area contributed by atoms with Crippen LogP contribution < -0.4 is 9.47 Å². The van der Waals surface area contributed by atoms with Gasteiger partial charge in [0.25, 0.3) is 0 Å². The van der Waals surface area contributed by atoms with Crippen LogP contribution in [-0.4, -0.2) is 24.4 Å². The SMILES string of the molecule is CCOc1cc(/C=C2\N=C(c3ccccc3Cl)OC2=O)cc(Br)c1OC(=O)c1ccc(C)cc1. The summed E-state index contributed by atoms with van der Waals surface area (Å²) < 4.78 is 17.1. The Hall–Kier alpha value is -3.42. The lowest BCUT2D eigenvalue weighted by molar-refractivity contribution is -0.129. The molecule has 0 saturated heterocycles. The molecule has 0 amide bonds. The lowest BCUT2D eigenvalue weighted by atomic mass is 10.1. The molecule has 1 aliphatic heterocycles. The van der Waals surface area contributed by atoms with Crippen molar-refractivity contribution in [3.8, 4) is 11.5 Å². The molecule has 4 rings (SSSR count). The highest BCUT2D eigenvalue weighted by atomic mass is 79.9. The molecule has 0 aliphatic carbocycles. The summed E-state index contributed by atoms with van der Waals surface area (Å²) in [4.78, 5) is 29.3. The number of carbonyl (C=O) groups excluding carboxylic acids is 2. The molecular weight excluding hydrogens is 522 g/mol. The van der Waals surface area contributed by atoms with Crippen molar-refractivity contribution in [1.29, 1.82) is 0 Å². The lowest BCUT2D eigenvalue weighted by Crippen LogP contribution is -2.10. The number of esters is 2. The molecule has 0 unspecified atom stereocenters. The zero-order valence-electron chi connectivity index (χ0n) is 18.3. The van der Waals surface area contributed by atoms with Crippen LogP contribution >= 0.6 is 27.5 Å². The van der Waals surface area contributed by atoms with Crippen LogP contribution in [0.3, 0.4) is 0 Å². The molecule has 0 saturated carbocycles. The van der Waals surface area contributed by atoms with Crippen molar-refractivity contribution in [2.24, 2.45) is 4.99 Å². The second-order valence-electron chi connectivity index (χ2n) is 7.33. The standard InChI is InChI=1S/C26H19BrClNO5/c1-3-32-22-14-16(12-19(27)23(22)33-25(30)17-10-8-15(2)9-11-17)13-21-26(31)34-24(29-21)18-6-4-5-7-20(18)28/h4-14H,3H2,1-2H3/b21-13-. The number of cyclic esters (lactones) is 1. The molecule has 172 valence electrons. The number of rotatable bonds is 6.